The van der Waals surface area contributed by atoms with Gasteiger partial charge in [0, 0.05) is 35.3 Å². The molecule has 37 heavy (non-hydrogen) atoms. The Kier molecular flexibility index (Phi) is 6.07. The standard InChI is InChI=1S/C28H26FN3O5/c1-35-23-15-18-20(16-24(23)36-2)31-14-9-21(18)37-22-6-4-3-5-19(22)28(29)10-7-17(8-11-28)32-26(34)27(12-13-27)25(30)33/h3-10,14-16H,11-13H2,1-2H3,(H2,30,33)(H,32,34). The molecule has 2 aliphatic rings. The summed E-state index contributed by atoms with van der Waals surface area (Å²) < 4.78 is 33.3. The lowest BCUT2D eigenvalue weighted by Crippen LogP contribution is -2.40. The maximum Gasteiger partial charge on any atom is 0.240 e. The molecule has 0 spiro atoms. The summed E-state index contributed by atoms with van der Waals surface area (Å²) in [7, 11) is 3.09. The molecule has 9 heteroatoms. The minimum absolute atomic E-state index is 0.0365. The second-order valence-electron chi connectivity index (χ2n) is 9.09. The van der Waals surface area contributed by atoms with Crippen LogP contribution in [0.2, 0.25) is 0 Å². The first kappa shape index (κ1) is 24.3. The number of primary amides is 1. The van der Waals surface area contributed by atoms with Crippen molar-refractivity contribution in [3.63, 3.8) is 0 Å². The fraction of sp³-hybridized carbons (Fsp3) is 0.250. The Hall–Kier alpha value is -4.40. The number of hydrogen-bond acceptors (Lipinski definition) is 6. The molecule has 3 N–H and O–H groups in total. The Morgan fingerprint density at radius 1 is 1.03 bits per heavy atom. The molecule has 1 heterocycles. The van der Waals surface area contributed by atoms with Crippen molar-refractivity contribution >= 4 is 22.7 Å². The molecule has 2 aliphatic carbocycles. The van der Waals surface area contributed by atoms with Gasteiger partial charge in [0.2, 0.25) is 11.8 Å². The number of nitrogens with two attached hydrogens (primary N) is 1. The van der Waals surface area contributed by atoms with Gasteiger partial charge in [0.05, 0.1) is 19.7 Å². The number of aromatic nitrogens is 1. The van der Waals surface area contributed by atoms with E-state index in [2.05, 4.69) is 10.3 Å². The molecule has 1 aromatic heterocycles. The van der Waals surface area contributed by atoms with Crippen molar-refractivity contribution in [2.24, 2.45) is 11.1 Å². The van der Waals surface area contributed by atoms with E-state index in [9.17, 15) is 9.59 Å². The second kappa shape index (κ2) is 9.24. The number of methoxy groups -OCH3 is 2. The van der Waals surface area contributed by atoms with E-state index in [1.807, 2.05) is 0 Å². The maximum atomic E-state index is 16.2. The first-order valence-corrected chi connectivity index (χ1v) is 11.8. The number of alkyl halides is 1. The summed E-state index contributed by atoms with van der Waals surface area (Å²) in [5.41, 5.74) is 3.72. The van der Waals surface area contributed by atoms with Crippen molar-refractivity contribution in [3.8, 4) is 23.0 Å². The number of rotatable bonds is 8. The molecule has 0 radical (unpaired) electrons. The molecule has 1 saturated carbocycles. The molecule has 1 atom stereocenters. The van der Waals surface area contributed by atoms with Crippen molar-refractivity contribution in [3.05, 3.63) is 78.1 Å². The summed E-state index contributed by atoms with van der Waals surface area (Å²) in [5, 5.41) is 3.37. The van der Waals surface area contributed by atoms with E-state index >= 15 is 4.39 Å². The fourth-order valence-corrected chi connectivity index (χ4v) is 4.42. The number of benzene rings is 2. The number of carbonyl (C=O) groups is 2. The van der Waals surface area contributed by atoms with Crippen molar-refractivity contribution in [2.45, 2.75) is 24.9 Å². The second-order valence-corrected chi connectivity index (χ2v) is 9.09. The number of fused-ring (bicyclic) bond motifs is 1. The third-order valence-corrected chi connectivity index (χ3v) is 6.82. The van der Waals surface area contributed by atoms with Crippen molar-refractivity contribution in [1.29, 1.82) is 0 Å². The average Bonchev–Trinajstić information content (AvgIpc) is 3.72. The van der Waals surface area contributed by atoms with E-state index in [4.69, 9.17) is 19.9 Å². The number of amides is 2. The van der Waals surface area contributed by atoms with Crippen LogP contribution in [0.1, 0.15) is 24.8 Å². The highest BCUT2D eigenvalue weighted by Gasteiger charge is 2.55. The molecular formula is C28H26FN3O5. The smallest absolute Gasteiger partial charge is 0.240 e. The summed E-state index contributed by atoms with van der Waals surface area (Å²) >= 11 is 0. The van der Waals surface area contributed by atoms with Crippen LogP contribution in [0.15, 0.2) is 72.6 Å². The lowest BCUT2D eigenvalue weighted by Gasteiger charge is -2.27. The summed E-state index contributed by atoms with van der Waals surface area (Å²) in [4.78, 5) is 28.5. The maximum absolute atomic E-state index is 16.2. The van der Waals surface area contributed by atoms with Crippen molar-refractivity contribution < 1.29 is 28.2 Å². The molecular weight excluding hydrogens is 477 g/mol. The van der Waals surface area contributed by atoms with E-state index in [1.54, 1.807) is 69.0 Å². The van der Waals surface area contributed by atoms with E-state index in [0.29, 0.717) is 58.0 Å². The van der Waals surface area contributed by atoms with E-state index < -0.39 is 22.9 Å². The van der Waals surface area contributed by atoms with Gasteiger partial charge >= 0.3 is 0 Å². The van der Waals surface area contributed by atoms with Gasteiger partial charge in [-0.25, -0.2) is 4.39 Å². The zero-order chi connectivity index (χ0) is 26.2. The normalized spacial score (nSPS) is 19.6. The number of pyridine rings is 1. The van der Waals surface area contributed by atoms with Gasteiger partial charge in [-0.3, -0.25) is 14.6 Å². The number of ether oxygens (including phenoxy) is 3. The van der Waals surface area contributed by atoms with Gasteiger partial charge in [-0.05, 0) is 43.2 Å². The van der Waals surface area contributed by atoms with Crippen molar-refractivity contribution in [1.82, 2.24) is 10.3 Å². The number of carbonyl (C=O) groups excluding carboxylic acids is 2. The van der Waals surface area contributed by atoms with Crippen LogP contribution in [-0.4, -0.2) is 31.0 Å². The highest BCUT2D eigenvalue weighted by Crippen LogP contribution is 2.46. The van der Waals surface area contributed by atoms with Crippen LogP contribution >= 0.6 is 0 Å². The number of halogens is 1. The largest absolute Gasteiger partial charge is 0.493 e. The van der Waals surface area contributed by atoms with Gasteiger partial charge in [0.15, 0.2) is 17.2 Å². The molecule has 0 aliphatic heterocycles. The predicted molar refractivity (Wildman–Crippen MR) is 135 cm³/mol. The predicted octanol–water partition coefficient (Wildman–Crippen LogP) is 4.43. The molecule has 1 fully saturated rings. The summed E-state index contributed by atoms with van der Waals surface area (Å²) in [5.74, 6) is 0.768. The third-order valence-electron chi connectivity index (χ3n) is 6.82. The van der Waals surface area contributed by atoms with Gasteiger partial charge < -0.3 is 25.3 Å². The number of nitrogens with one attached hydrogen (secondary N) is 1. The van der Waals surface area contributed by atoms with Gasteiger partial charge in [0.25, 0.3) is 0 Å². The van der Waals surface area contributed by atoms with Crippen LogP contribution in [0.5, 0.6) is 23.0 Å². The topological polar surface area (TPSA) is 113 Å². The Morgan fingerprint density at radius 2 is 1.76 bits per heavy atom. The average molecular weight is 504 g/mol. The zero-order valence-corrected chi connectivity index (χ0v) is 20.4. The van der Waals surface area contributed by atoms with Crippen LogP contribution in [0.3, 0.4) is 0 Å². The first-order chi connectivity index (χ1) is 17.8. The van der Waals surface area contributed by atoms with Crippen molar-refractivity contribution in [2.75, 3.05) is 14.2 Å². The SMILES string of the molecule is COc1cc2nccc(Oc3ccccc3C3(F)C=CC(NC(=O)C4(C(N)=O)CC4)=CC3)c2cc1OC. The molecule has 5 rings (SSSR count). The molecule has 3 aromatic rings. The number of nitrogens with zero attached hydrogens (tertiary/aromatic N) is 1. The van der Waals surface area contributed by atoms with Crippen LogP contribution in [-0.2, 0) is 15.3 Å². The Morgan fingerprint density at radius 3 is 2.41 bits per heavy atom. The first-order valence-electron chi connectivity index (χ1n) is 11.8. The van der Waals surface area contributed by atoms with Gasteiger partial charge in [-0.2, -0.15) is 0 Å². The fourth-order valence-electron chi connectivity index (χ4n) is 4.42. The molecule has 0 saturated heterocycles. The highest BCUT2D eigenvalue weighted by atomic mass is 19.1. The third kappa shape index (κ3) is 4.37. The minimum Gasteiger partial charge on any atom is -0.493 e. The molecule has 0 bridgehead atoms. The quantitative estimate of drug-likeness (QED) is 0.440. The summed E-state index contributed by atoms with van der Waals surface area (Å²) in [6, 6.07) is 12.1. The molecule has 8 nitrogen and oxygen atoms in total. The monoisotopic (exact) mass is 503 g/mol. The number of allylic oxidation sites excluding steroid dienone is 3. The lowest BCUT2D eigenvalue weighted by molar-refractivity contribution is -0.134. The van der Waals surface area contributed by atoms with Crippen LogP contribution in [0.25, 0.3) is 10.9 Å². The molecule has 2 amide bonds. The minimum atomic E-state index is -1.88. The lowest BCUT2D eigenvalue weighted by atomic mass is 9.87. The van der Waals surface area contributed by atoms with Crippen LogP contribution < -0.4 is 25.3 Å². The van der Waals surface area contributed by atoms with E-state index in [0.717, 1.165) is 0 Å². The summed E-state index contributed by atoms with van der Waals surface area (Å²) in [6.07, 6.45) is 6.88. The highest BCUT2D eigenvalue weighted by molar-refractivity contribution is 6.07. The van der Waals surface area contributed by atoms with Gasteiger partial charge in [-0.15, -0.1) is 0 Å². The zero-order valence-electron chi connectivity index (χ0n) is 20.4. The van der Waals surface area contributed by atoms with E-state index in [-0.39, 0.29) is 6.42 Å². The van der Waals surface area contributed by atoms with E-state index in [1.165, 1.54) is 12.2 Å². The van der Waals surface area contributed by atoms with Gasteiger partial charge in [0.1, 0.15) is 16.9 Å². The number of hydrogen-bond donors (Lipinski definition) is 2. The molecule has 2 aromatic carbocycles. The Balaban J connectivity index is 1.41. The van der Waals surface area contributed by atoms with Gasteiger partial charge in [-0.1, -0.05) is 24.3 Å². The molecule has 190 valence electrons. The number of para-hydroxylation sites is 1. The Bertz CT molecular complexity index is 1460. The Labute approximate surface area is 212 Å². The van der Waals surface area contributed by atoms with Crippen LogP contribution in [0.4, 0.5) is 4.39 Å². The van der Waals surface area contributed by atoms with Crippen LogP contribution in [0, 0.1) is 5.41 Å². The summed E-state index contributed by atoms with van der Waals surface area (Å²) in [6.45, 7) is 0. The molecule has 1 unspecified atom stereocenters.